The molecule has 0 unspecified atom stereocenters. The maximum Gasteiger partial charge on any atom is 0.419 e. The largest absolute Gasteiger partial charge is 0.419 e. The van der Waals surface area contributed by atoms with E-state index in [2.05, 4.69) is 20.9 Å². The lowest BCUT2D eigenvalue weighted by molar-refractivity contribution is -0.137. The van der Waals surface area contributed by atoms with Gasteiger partial charge in [0.1, 0.15) is 5.15 Å². The van der Waals surface area contributed by atoms with Crippen molar-refractivity contribution in [3.63, 3.8) is 0 Å². The molecule has 0 aromatic carbocycles. The van der Waals surface area contributed by atoms with Crippen LogP contribution in [0.4, 0.5) is 13.2 Å². The topological polar surface area (TPSA) is 30.0 Å². The summed E-state index contributed by atoms with van der Waals surface area (Å²) in [5.74, 6) is -0.482. The molecule has 0 saturated carbocycles. The van der Waals surface area contributed by atoms with Crippen molar-refractivity contribution in [1.82, 2.24) is 4.98 Å². The first kappa shape index (κ1) is 12.4. The van der Waals surface area contributed by atoms with Gasteiger partial charge in [-0.25, -0.2) is 4.98 Å². The molecule has 0 aliphatic carbocycles. The first-order chi connectivity index (χ1) is 6.86. The minimum Gasteiger partial charge on any atom is -0.293 e. The molecule has 1 rings (SSSR count). The van der Waals surface area contributed by atoms with Crippen molar-refractivity contribution in [3.8, 4) is 0 Å². The third-order valence-electron chi connectivity index (χ3n) is 1.59. The number of nitrogens with zero attached hydrogens (tertiary/aromatic N) is 1. The zero-order valence-electron chi connectivity index (χ0n) is 7.11. The summed E-state index contributed by atoms with van der Waals surface area (Å²) in [5.41, 5.74) is -1.22. The second-order valence-electron chi connectivity index (χ2n) is 2.62. The van der Waals surface area contributed by atoms with Gasteiger partial charge in [0.25, 0.3) is 0 Å². The molecule has 0 bridgehead atoms. The maximum absolute atomic E-state index is 12.3. The number of ketones is 1. The molecule has 0 atom stereocenters. The SMILES string of the molecule is O=C(CBr)c1cnc(Cl)c(C(F)(F)F)c1. The number of alkyl halides is 4. The van der Waals surface area contributed by atoms with Crippen molar-refractivity contribution in [2.45, 2.75) is 6.18 Å². The highest BCUT2D eigenvalue weighted by Gasteiger charge is 2.34. The first-order valence-electron chi connectivity index (χ1n) is 3.68. The van der Waals surface area contributed by atoms with Crippen molar-refractivity contribution in [1.29, 1.82) is 0 Å². The standard InChI is InChI=1S/C8H4BrClF3NO/c9-2-6(15)4-1-5(8(11,12)13)7(10)14-3-4/h1,3H,2H2. The summed E-state index contributed by atoms with van der Waals surface area (Å²) < 4.78 is 37.0. The molecular formula is C8H4BrClF3NO. The Balaban J connectivity index is 3.23. The summed E-state index contributed by atoms with van der Waals surface area (Å²) in [4.78, 5) is 14.4. The van der Waals surface area contributed by atoms with E-state index in [1.54, 1.807) is 0 Å². The minimum absolute atomic E-state index is 0.0619. The van der Waals surface area contributed by atoms with Gasteiger partial charge in [-0.05, 0) is 6.07 Å². The second-order valence-corrected chi connectivity index (χ2v) is 3.54. The van der Waals surface area contributed by atoms with E-state index in [1.807, 2.05) is 0 Å². The van der Waals surface area contributed by atoms with Gasteiger partial charge in [-0.2, -0.15) is 13.2 Å². The average Bonchev–Trinajstić information content (AvgIpc) is 2.15. The van der Waals surface area contributed by atoms with E-state index in [4.69, 9.17) is 11.6 Å². The van der Waals surface area contributed by atoms with E-state index in [1.165, 1.54) is 0 Å². The molecular weight excluding hydrogens is 298 g/mol. The molecule has 82 valence electrons. The maximum atomic E-state index is 12.3. The van der Waals surface area contributed by atoms with Crippen LogP contribution in [0.15, 0.2) is 12.3 Å². The third kappa shape index (κ3) is 2.92. The number of hydrogen-bond donors (Lipinski definition) is 0. The smallest absolute Gasteiger partial charge is 0.293 e. The Morgan fingerprint density at radius 1 is 1.53 bits per heavy atom. The van der Waals surface area contributed by atoms with E-state index < -0.39 is 22.7 Å². The van der Waals surface area contributed by atoms with Crippen molar-refractivity contribution >= 4 is 33.3 Å². The van der Waals surface area contributed by atoms with Gasteiger partial charge >= 0.3 is 6.18 Å². The van der Waals surface area contributed by atoms with Crippen molar-refractivity contribution in [2.75, 3.05) is 5.33 Å². The Kier molecular flexibility index (Phi) is 3.72. The van der Waals surface area contributed by atoms with Crippen molar-refractivity contribution in [2.24, 2.45) is 0 Å². The molecule has 2 nitrogen and oxygen atoms in total. The van der Waals surface area contributed by atoms with E-state index in [9.17, 15) is 18.0 Å². The van der Waals surface area contributed by atoms with Crippen LogP contribution in [-0.2, 0) is 6.18 Å². The second kappa shape index (κ2) is 4.49. The van der Waals surface area contributed by atoms with Crippen LogP contribution in [0.1, 0.15) is 15.9 Å². The number of hydrogen-bond acceptors (Lipinski definition) is 2. The van der Waals surface area contributed by atoms with Gasteiger partial charge in [-0.1, -0.05) is 27.5 Å². The highest BCUT2D eigenvalue weighted by atomic mass is 79.9. The summed E-state index contributed by atoms with van der Waals surface area (Å²) in [6, 6.07) is 0.693. The van der Waals surface area contributed by atoms with Crippen LogP contribution < -0.4 is 0 Å². The molecule has 0 aliphatic heterocycles. The Morgan fingerprint density at radius 2 is 2.13 bits per heavy atom. The van der Waals surface area contributed by atoms with Crippen LogP contribution in [0.25, 0.3) is 0 Å². The Labute approximate surface area is 96.6 Å². The summed E-state index contributed by atoms with van der Waals surface area (Å²) >= 11 is 8.13. The Bertz CT molecular complexity index is 394. The molecule has 0 saturated heterocycles. The van der Waals surface area contributed by atoms with Crippen LogP contribution in [-0.4, -0.2) is 16.1 Å². The fourth-order valence-corrected chi connectivity index (χ4v) is 1.41. The van der Waals surface area contributed by atoms with E-state index in [-0.39, 0.29) is 10.9 Å². The molecule has 0 N–H and O–H groups in total. The number of rotatable bonds is 2. The number of Topliss-reactive ketones (excluding diaryl/α,β-unsaturated/α-hetero) is 1. The van der Waals surface area contributed by atoms with Gasteiger partial charge in [0, 0.05) is 11.8 Å². The van der Waals surface area contributed by atoms with E-state index >= 15 is 0 Å². The fourth-order valence-electron chi connectivity index (χ4n) is 0.877. The minimum atomic E-state index is -4.60. The zero-order chi connectivity index (χ0) is 11.6. The zero-order valence-corrected chi connectivity index (χ0v) is 9.45. The Hall–Kier alpha value is -0.620. The third-order valence-corrected chi connectivity index (χ3v) is 2.40. The summed E-state index contributed by atoms with van der Waals surface area (Å²) in [7, 11) is 0. The van der Waals surface area contributed by atoms with Gasteiger partial charge < -0.3 is 0 Å². The monoisotopic (exact) mass is 301 g/mol. The van der Waals surface area contributed by atoms with Crippen LogP contribution in [0.3, 0.4) is 0 Å². The predicted molar refractivity (Wildman–Crippen MR) is 52.4 cm³/mol. The fraction of sp³-hybridized carbons (Fsp3) is 0.250. The molecule has 1 aromatic heterocycles. The van der Waals surface area contributed by atoms with Gasteiger partial charge in [-0.3, -0.25) is 4.79 Å². The first-order valence-corrected chi connectivity index (χ1v) is 5.18. The molecule has 15 heavy (non-hydrogen) atoms. The molecule has 0 fully saturated rings. The number of halogens is 5. The van der Waals surface area contributed by atoms with Crippen LogP contribution in [0.5, 0.6) is 0 Å². The van der Waals surface area contributed by atoms with E-state index in [0.29, 0.717) is 6.07 Å². The lowest BCUT2D eigenvalue weighted by atomic mass is 10.1. The molecule has 0 amide bonds. The summed E-state index contributed by atoms with van der Waals surface area (Å²) in [6.07, 6.45) is -3.59. The number of carbonyl (C=O) groups is 1. The van der Waals surface area contributed by atoms with Crippen LogP contribution in [0, 0.1) is 0 Å². The quantitative estimate of drug-likeness (QED) is 0.476. The van der Waals surface area contributed by atoms with Crippen molar-refractivity contribution < 1.29 is 18.0 Å². The van der Waals surface area contributed by atoms with Crippen LogP contribution >= 0.6 is 27.5 Å². The molecule has 0 radical (unpaired) electrons. The van der Waals surface area contributed by atoms with Crippen molar-refractivity contribution in [3.05, 3.63) is 28.5 Å². The van der Waals surface area contributed by atoms with Crippen LogP contribution in [0.2, 0.25) is 5.15 Å². The molecule has 0 aliphatic rings. The summed E-state index contributed by atoms with van der Waals surface area (Å²) in [6.45, 7) is 0. The number of carbonyl (C=O) groups excluding carboxylic acids is 1. The average molecular weight is 302 g/mol. The predicted octanol–water partition coefficient (Wildman–Crippen LogP) is 3.33. The molecule has 1 aromatic rings. The van der Waals surface area contributed by atoms with E-state index in [0.717, 1.165) is 6.20 Å². The lowest BCUT2D eigenvalue weighted by Gasteiger charge is -2.08. The molecule has 7 heteroatoms. The highest BCUT2D eigenvalue weighted by Crippen LogP contribution is 2.33. The molecule has 1 heterocycles. The van der Waals surface area contributed by atoms with Gasteiger partial charge in [-0.15, -0.1) is 0 Å². The lowest BCUT2D eigenvalue weighted by Crippen LogP contribution is -2.10. The van der Waals surface area contributed by atoms with Gasteiger partial charge in [0.15, 0.2) is 5.78 Å². The number of aromatic nitrogens is 1. The van der Waals surface area contributed by atoms with Gasteiger partial charge in [0.05, 0.1) is 10.9 Å². The summed E-state index contributed by atoms with van der Waals surface area (Å²) in [5, 5.41) is -0.721. The van der Waals surface area contributed by atoms with Gasteiger partial charge in [0.2, 0.25) is 0 Å². The normalized spacial score (nSPS) is 11.5. The Morgan fingerprint density at radius 3 is 2.60 bits per heavy atom. The number of pyridine rings is 1. The highest BCUT2D eigenvalue weighted by molar-refractivity contribution is 9.09. The molecule has 0 spiro atoms.